The Hall–Kier alpha value is -2.34. The predicted octanol–water partition coefficient (Wildman–Crippen LogP) is 3.31. The number of benzene rings is 1. The minimum atomic E-state index is -0.0254. The molecule has 138 valence electrons. The highest BCUT2D eigenvalue weighted by Crippen LogP contribution is 2.23. The van der Waals surface area contributed by atoms with Crippen molar-refractivity contribution < 1.29 is 14.3 Å². The van der Waals surface area contributed by atoms with E-state index in [1.807, 2.05) is 45.5 Å². The van der Waals surface area contributed by atoms with Crippen LogP contribution in [0.5, 0.6) is 5.75 Å². The smallest absolute Gasteiger partial charge is 0.263 e. The standard InChI is InChI=1S/C20H24N2O3S/c1-3-15-7-8-17(25-2)16(14-15)19(23)21-9-5-10-22(12-11-21)20(24)18-6-4-13-26-18/h4,6-8,13-14H,3,5,9-12H2,1-2H3. The lowest BCUT2D eigenvalue weighted by atomic mass is 10.1. The molecule has 1 aromatic carbocycles. The van der Waals surface area contributed by atoms with Gasteiger partial charge in [0.05, 0.1) is 17.6 Å². The van der Waals surface area contributed by atoms with Gasteiger partial charge in [0.15, 0.2) is 0 Å². The van der Waals surface area contributed by atoms with Gasteiger partial charge in [-0.3, -0.25) is 9.59 Å². The second kappa shape index (κ2) is 8.36. The molecule has 1 aliphatic rings. The van der Waals surface area contributed by atoms with Crippen LogP contribution in [0.2, 0.25) is 0 Å². The number of methoxy groups -OCH3 is 1. The number of aryl methyl sites for hydroxylation is 1. The van der Waals surface area contributed by atoms with Crippen LogP contribution in [0.25, 0.3) is 0 Å². The van der Waals surface area contributed by atoms with Crippen molar-refractivity contribution >= 4 is 23.2 Å². The minimum Gasteiger partial charge on any atom is -0.496 e. The molecule has 2 heterocycles. The van der Waals surface area contributed by atoms with Crippen molar-refractivity contribution in [3.8, 4) is 5.75 Å². The number of carbonyl (C=O) groups is 2. The van der Waals surface area contributed by atoms with Crippen molar-refractivity contribution in [1.29, 1.82) is 0 Å². The molecule has 1 saturated heterocycles. The average molecular weight is 372 g/mol. The molecule has 5 nitrogen and oxygen atoms in total. The number of carbonyl (C=O) groups excluding carboxylic acids is 2. The second-order valence-electron chi connectivity index (χ2n) is 6.30. The Morgan fingerprint density at radius 1 is 1.08 bits per heavy atom. The van der Waals surface area contributed by atoms with E-state index >= 15 is 0 Å². The van der Waals surface area contributed by atoms with Crippen LogP contribution in [-0.4, -0.2) is 54.9 Å². The number of amides is 2. The van der Waals surface area contributed by atoms with Gasteiger partial charge in [-0.05, 0) is 42.0 Å². The van der Waals surface area contributed by atoms with Gasteiger partial charge < -0.3 is 14.5 Å². The molecule has 2 amide bonds. The molecule has 2 aromatic rings. The lowest BCUT2D eigenvalue weighted by Crippen LogP contribution is -2.37. The molecule has 0 atom stereocenters. The quantitative estimate of drug-likeness (QED) is 0.827. The minimum absolute atomic E-state index is 0.0254. The zero-order chi connectivity index (χ0) is 18.5. The molecule has 0 bridgehead atoms. The van der Waals surface area contributed by atoms with E-state index in [1.54, 1.807) is 7.11 Å². The Kier molecular flexibility index (Phi) is 5.93. The van der Waals surface area contributed by atoms with Gasteiger partial charge in [0.25, 0.3) is 11.8 Å². The van der Waals surface area contributed by atoms with Gasteiger partial charge in [-0.15, -0.1) is 11.3 Å². The van der Waals surface area contributed by atoms with Crippen molar-refractivity contribution in [2.45, 2.75) is 19.8 Å². The maximum atomic E-state index is 13.1. The molecular formula is C20H24N2O3S. The van der Waals surface area contributed by atoms with Gasteiger partial charge in [0, 0.05) is 26.2 Å². The third-order valence-corrected chi connectivity index (χ3v) is 5.56. The Morgan fingerprint density at radius 2 is 1.81 bits per heavy atom. The van der Waals surface area contributed by atoms with Crippen molar-refractivity contribution in [2.24, 2.45) is 0 Å². The first-order valence-electron chi connectivity index (χ1n) is 8.93. The number of hydrogen-bond donors (Lipinski definition) is 0. The SMILES string of the molecule is CCc1ccc(OC)c(C(=O)N2CCCN(C(=O)c3cccs3)CC2)c1. The molecule has 3 rings (SSSR count). The first kappa shape index (κ1) is 18.5. The summed E-state index contributed by atoms with van der Waals surface area (Å²) < 4.78 is 5.39. The normalized spacial score (nSPS) is 14.8. The molecule has 0 spiro atoms. The van der Waals surface area contributed by atoms with Crippen LogP contribution in [0.1, 0.15) is 38.9 Å². The summed E-state index contributed by atoms with van der Waals surface area (Å²) >= 11 is 1.46. The zero-order valence-corrected chi connectivity index (χ0v) is 16.1. The summed E-state index contributed by atoms with van der Waals surface area (Å²) in [5.41, 5.74) is 1.71. The predicted molar refractivity (Wildman–Crippen MR) is 103 cm³/mol. The van der Waals surface area contributed by atoms with E-state index in [0.717, 1.165) is 23.3 Å². The molecule has 0 N–H and O–H groups in total. The van der Waals surface area contributed by atoms with Crippen LogP contribution in [0, 0.1) is 0 Å². The zero-order valence-electron chi connectivity index (χ0n) is 15.2. The Morgan fingerprint density at radius 3 is 2.42 bits per heavy atom. The number of hydrogen-bond acceptors (Lipinski definition) is 4. The van der Waals surface area contributed by atoms with E-state index < -0.39 is 0 Å². The fourth-order valence-electron chi connectivity index (χ4n) is 3.19. The van der Waals surface area contributed by atoms with Gasteiger partial charge in [-0.2, -0.15) is 0 Å². The molecule has 1 aromatic heterocycles. The van der Waals surface area contributed by atoms with Crippen molar-refractivity contribution in [3.63, 3.8) is 0 Å². The Bertz CT molecular complexity index is 773. The highest BCUT2D eigenvalue weighted by atomic mass is 32.1. The maximum absolute atomic E-state index is 13.1. The summed E-state index contributed by atoms with van der Waals surface area (Å²) in [5.74, 6) is 0.630. The molecule has 0 saturated carbocycles. The summed E-state index contributed by atoms with van der Waals surface area (Å²) in [6.45, 7) is 4.48. The Balaban J connectivity index is 1.73. The summed E-state index contributed by atoms with van der Waals surface area (Å²) in [6, 6.07) is 9.50. The van der Waals surface area contributed by atoms with E-state index in [2.05, 4.69) is 6.92 Å². The van der Waals surface area contributed by atoms with Crippen LogP contribution in [0.3, 0.4) is 0 Å². The van der Waals surface area contributed by atoms with Gasteiger partial charge in [-0.25, -0.2) is 0 Å². The summed E-state index contributed by atoms with van der Waals surface area (Å²) in [6.07, 6.45) is 1.64. The van der Waals surface area contributed by atoms with Crippen molar-refractivity contribution in [1.82, 2.24) is 9.80 Å². The summed E-state index contributed by atoms with van der Waals surface area (Å²) in [4.78, 5) is 30.0. The molecule has 0 radical (unpaired) electrons. The van der Waals surface area contributed by atoms with Gasteiger partial charge in [-0.1, -0.05) is 19.1 Å². The monoisotopic (exact) mass is 372 g/mol. The van der Waals surface area contributed by atoms with Crippen molar-refractivity contribution in [2.75, 3.05) is 33.3 Å². The van der Waals surface area contributed by atoms with Crippen LogP contribution in [0.4, 0.5) is 0 Å². The average Bonchev–Trinajstić information content (AvgIpc) is 3.11. The number of ether oxygens (including phenoxy) is 1. The van der Waals surface area contributed by atoms with E-state index in [9.17, 15) is 9.59 Å². The highest BCUT2D eigenvalue weighted by Gasteiger charge is 2.25. The summed E-state index contributed by atoms with van der Waals surface area (Å²) in [7, 11) is 1.58. The number of nitrogens with zero attached hydrogens (tertiary/aromatic N) is 2. The first-order valence-corrected chi connectivity index (χ1v) is 9.81. The van der Waals surface area contributed by atoms with E-state index in [-0.39, 0.29) is 11.8 Å². The molecule has 0 aliphatic carbocycles. The highest BCUT2D eigenvalue weighted by molar-refractivity contribution is 7.12. The van der Waals surface area contributed by atoms with Crippen molar-refractivity contribution in [3.05, 3.63) is 51.7 Å². The fraction of sp³-hybridized carbons (Fsp3) is 0.400. The third-order valence-electron chi connectivity index (χ3n) is 4.70. The molecular weight excluding hydrogens is 348 g/mol. The van der Waals surface area contributed by atoms with Crippen LogP contribution >= 0.6 is 11.3 Å². The topological polar surface area (TPSA) is 49.9 Å². The van der Waals surface area contributed by atoms with Crippen LogP contribution in [-0.2, 0) is 6.42 Å². The third kappa shape index (κ3) is 3.90. The van der Waals surface area contributed by atoms with E-state index in [4.69, 9.17) is 4.74 Å². The molecule has 1 aliphatic heterocycles. The molecule has 26 heavy (non-hydrogen) atoms. The van der Waals surface area contributed by atoms with Crippen LogP contribution in [0.15, 0.2) is 35.7 Å². The van der Waals surface area contributed by atoms with E-state index in [1.165, 1.54) is 11.3 Å². The lowest BCUT2D eigenvalue weighted by Gasteiger charge is -2.23. The number of thiophene rings is 1. The molecule has 0 unspecified atom stereocenters. The van der Waals surface area contributed by atoms with Gasteiger partial charge >= 0.3 is 0 Å². The largest absolute Gasteiger partial charge is 0.496 e. The second-order valence-corrected chi connectivity index (χ2v) is 7.25. The number of rotatable bonds is 4. The van der Waals surface area contributed by atoms with Crippen LogP contribution < -0.4 is 4.74 Å². The maximum Gasteiger partial charge on any atom is 0.263 e. The molecule has 1 fully saturated rings. The fourth-order valence-corrected chi connectivity index (χ4v) is 3.88. The summed E-state index contributed by atoms with van der Waals surface area (Å²) in [5, 5.41) is 1.91. The Labute approximate surface area is 158 Å². The first-order chi connectivity index (χ1) is 12.6. The van der Waals surface area contributed by atoms with Gasteiger partial charge in [0.1, 0.15) is 5.75 Å². The lowest BCUT2D eigenvalue weighted by molar-refractivity contribution is 0.0719. The van der Waals surface area contributed by atoms with E-state index in [0.29, 0.717) is 37.5 Å². The molecule has 6 heteroatoms. The van der Waals surface area contributed by atoms with Gasteiger partial charge in [0.2, 0.25) is 0 Å².